The van der Waals surface area contributed by atoms with Gasteiger partial charge in [-0.1, -0.05) is 103 Å². The molecule has 4 aromatic carbocycles. The number of amides is 3. The number of aliphatic imine (C=N–C) groups is 1. The minimum absolute atomic E-state index is 0.140. The summed E-state index contributed by atoms with van der Waals surface area (Å²) in [6.45, 7) is 19.4. The minimum atomic E-state index is -1.02. The van der Waals surface area contributed by atoms with Crippen molar-refractivity contribution in [3.8, 4) is 0 Å². The zero-order valence-corrected chi connectivity index (χ0v) is 31.1. The van der Waals surface area contributed by atoms with E-state index in [0.29, 0.717) is 5.56 Å². The number of carbonyl (C=O) groups is 3. The molecule has 9 heteroatoms. The summed E-state index contributed by atoms with van der Waals surface area (Å²) < 4.78 is 17.4. The number of hydrogen-bond donors (Lipinski definition) is 0. The standard InChI is InChI=1S/C42H49N3O6/c1-11-35(34-27-17-23-31-20-13-15-26-33(31)34)45(39(48)51-42(8,9)10)36(43-37(46)49-40(2,3)4)44(38(47)50-41(5,6)7)28-18-24-30-22-16-21-29-19-12-14-25-32(29)30/h11-27,35H,1,28H2,2-10H3/b24-18+,43-36+/t35-/m0/s1. The van der Waals surface area contributed by atoms with Gasteiger partial charge in [0.1, 0.15) is 16.8 Å². The lowest BCUT2D eigenvalue weighted by molar-refractivity contribution is 0.0258. The first-order valence-electron chi connectivity index (χ1n) is 17.0. The van der Waals surface area contributed by atoms with Crippen molar-refractivity contribution in [1.29, 1.82) is 0 Å². The van der Waals surface area contributed by atoms with E-state index in [0.717, 1.165) is 32.0 Å². The van der Waals surface area contributed by atoms with E-state index < -0.39 is 41.1 Å². The Kier molecular flexibility index (Phi) is 11.8. The molecule has 0 saturated heterocycles. The quantitative estimate of drug-likeness (QED) is 0.0864. The second-order valence-corrected chi connectivity index (χ2v) is 15.1. The fourth-order valence-electron chi connectivity index (χ4n) is 5.36. The van der Waals surface area contributed by atoms with Gasteiger partial charge in [-0.25, -0.2) is 24.2 Å². The molecule has 0 saturated carbocycles. The molecule has 0 N–H and O–H groups in total. The van der Waals surface area contributed by atoms with Gasteiger partial charge in [-0.15, -0.1) is 11.6 Å². The number of benzene rings is 4. The number of rotatable bonds is 6. The van der Waals surface area contributed by atoms with Crippen LogP contribution < -0.4 is 0 Å². The summed E-state index contributed by atoms with van der Waals surface area (Å²) in [6, 6.07) is 26.3. The molecule has 9 nitrogen and oxygen atoms in total. The summed E-state index contributed by atoms with van der Waals surface area (Å²) >= 11 is 0. The van der Waals surface area contributed by atoms with Crippen LogP contribution in [0.25, 0.3) is 27.6 Å². The number of guanidine groups is 1. The van der Waals surface area contributed by atoms with Crippen molar-refractivity contribution in [2.75, 3.05) is 6.54 Å². The van der Waals surface area contributed by atoms with Gasteiger partial charge in [0.2, 0.25) is 5.96 Å². The molecule has 1 atom stereocenters. The third-order valence-electron chi connectivity index (χ3n) is 7.30. The average molecular weight is 692 g/mol. The van der Waals surface area contributed by atoms with Crippen LogP contribution in [0.1, 0.15) is 79.5 Å². The fraction of sp³-hybridized carbons (Fsp3) is 0.333. The van der Waals surface area contributed by atoms with E-state index in [-0.39, 0.29) is 12.5 Å². The van der Waals surface area contributed by atoms with Crippen LogP contribution in [-0.4, -0.2) is 57.4 Å². The molecule has 0 heterocycles. The van der Waals surface area contributed by atoms with Crippen molar-refractivity contribution in [3.05, 3.63) is 115 Å². The van der Waals surface area contributed by atoms with Gasteiger partial charge in [0.05, 0.1) is 12.6 Å². The number of ether oxygens (including phenoxy) is 3. The first kappa shape index (κ1) is 38.4. The lowest BCUT2D eigenvalue weighted by Gasteiger charge is -2.37. The summed E-state index contributed by atoms with van der Waals surface area (Å²) in [5, 5.41) is 3.81. The van der Waals surface area contributed by atoms with Gasteiger partial charge in [0.15, 0.2) is 0 Å². The first-order valence-corrected chi connectivity index (χ1v) is 17.0. The van der Waals surface area contributed by atoms with Crippen LogP contribution in [0.5, 0.6) is 0 Å². The highest BCUT2D eigenvalue weighted by Gasteiger charge is 2.39. The van der Waals surface area contributed by atoms with E-state index >= 15 is 0 Å². The lowest BCUT2D eigenvalue weighted by Crippen LogP contribution is -2.53. The highest BCUT2D eigenvalue weighted by molar-refractivity contribution is 6.06. The number of fused-ring (bicyclic) bond motifs is 2. The summed E-state index contributed by atoms with van der Waals surface area (Å²) in [6.07, 6.45) is 2.45. The average Bonchev–Trinajstić information content (AvgIpc) is 3.02. The largest absolute Gasteiger partial charge is 0.443 e. The Morgan fingerprint density at radius 3 is 1.78 bits per heavy atom. The smallest absolute Gasteiger partial charge is 0.437 e. The van der Waals surface area contributed by atoms with Crippen LogP contribution in [0.2, 0.25) is 0 Å². The maximum Gasteiger partial charge on any atom is 0.437 e. The van der Waals surface area contributed by atoms with Crippen LogP contribution in [0.3, 0.4) is 0 Å². The zero-order valence-electron chi connectivity index (χ0n) is 31.1. The van der Waals surface area contributed by atoms with Crippen LogP contribution in [-0.2, 0) is 14.2 Å². The van der Waals surface area contributed by atoms with Gasteiger partial charge in [-0.2, -0.15) is 0 Å². The van der Waals surface area contributed by atoms with Crippen LogP contribution in [0.15, 0.2) is 109 Å². The van der Waals surface area contributed by atoms with Crippen molar-refractivity contribution in [1.82, 2.24) is 9.80 Å². The predicted molar refractivity (Wildman–Crippen MR) is 205 cm³/mol. The third-order valence-corrected chi connectivity index (χ3v) is 7.30. The van der Waals surface area contributed by atoms with Crippen molar-refractivity contribution in [2.45, 2.75) is 85.2 Å². The third kappa shape index (κ3) is 10.5. The van der Waals surface area contributed by atoms with E-state index in [1.807, 2.05) is 91.0 Å². The second-order valence-electron chi connectivity index (χ2n) is 15.1. The van der Waals surface area contributed by atoms with E-state index in [1.54, 1.807) is 74.5 Å². The normalized spacial score (nSPS) is 13.2. The summed E-state index contributed by atoms with van der Waals surface area (Å²) in [7, 11) is 0. The Morgan fingerprint density at radius 1 is 0.686 bits per heavy atom. The molecule has 0 bridgehead atoms. The Bertz CT molecular complexity index is 1950. The SMILES string of the molecule is C=C[C@@H](c1cccc2ccccc12)N(C(=O)OC(C)(C)C)/C(=N/C(=O)OC(C)(C)C)N(C/C=C/c1cccc2ccccc12)C(=O)OC(C)(C)C. The number of nitrogens with zero attached hydrogens (tertiary/aromatic N) is 3. The van der Waals surface area contributed by atoms with Crippen LogP contribution in [0, 0.1) is 0 Å². The molecule has 0 aromatic heterocycles. The van der Waals surface area contributed by atoms with Gasteiger partial charge in [0.25, 0.3) is 0 Å². The van der Waals surface area contributed by atoms with E-state index in [2.05, 4.69) is 11.6 Å². The van der Waals surface area contributed by atoms with E-state index in [1.165, 1.54) is 4.90 Å². The fourth-order valence-corrected chi connectivity index (χ4v) is 5.36. The Hall–Kier alpha value is -5.44. The van der Waals surface area contributed by atoms with E-state index in [4.69, 9.17) is 14.2 Å². The van der Waals surface area contributed by atoms with Crippen molar-refractivity contribution in [3.63, 3.8) is 0 Å². The molecule has 0 aliphatic carbocycles. The van der Waals surface area contributed by atoms with Gasteiger partial charge in [-0.05, 0) is 95.0 Å². The molecule has 4 aromatic rings. The minimum Gasteiger partial charge on any atom is -0.443 e. The molecular formula is C42H49N3O6. The van der Waals surface area contributed by atoms with Crippen molar-refractivity contribution in [2.24, 2.45) is 4.99 Å². The molecule has 3 amide bonds. The molecule has 0 spiro atoms. The van der Waals surface area contributed by atoms with Crippen LogP contribution in [0.4, 0.5) is 14.4 Å². The molecule has 268 valence electrons. The topological polar surface area (TPSA) is 97.7 Å². The maximum absolute atomic E-state index is 14.5. The highest BCUT2D eigenvalue weighted by atomic mass is 16.6. The van der Waals surface area contributed by atoms with Gasteiger partial charge in [-0.3, -0.25) is 0 Å². The van der Waals surface area contributed by atoms with Gasteiger partial charge < -0.3 is 14.2 Å². The molecular weight excluding hydrogens is 642 g/mol. The molecule has 0 unspecified atom stereocenters. The predicted octanol–water partition coefficient (Wildman–Crippen LogP) is 10.7. The van der Waals surface area contributed by atoms with Crippen LogP contribution >= 0.6 is 0 Å². The summed E-state index contributed by atoms with van der Waals surface area (Å²) in [5.41, 5.74) is -1.24. The molecule has 0 fully saturated rings. The summed E-state index contributed by atoms with van der Waals surface area (Å²) in [4.78, 5) is 48.9. The molecule has 0 radical (unpaired) electrons. The van der Waals surface area contributed by atoms with Gasteiger partial charge in [0, 0.05) is 0 Å². The Labute approximate surface area is 301 Å². The molecule has 51 heavy (non-hydrogen) atoms. The lowest BCUT2D eigenvalue weighted by atomic mass is 9.98. The van der Waals surface area contributed by atoms with Gasteiger partial charge >= 0.3 is 18.3 Å². The monoisotopic (exact) mass is 691 g/mol. The Balaban J connectivity index is 1.97. The zero-order chi connectivity index (χ0) is 37.6. The Morgan fingerprint density at radius 2 is 1.20 bits per heavy atom. The van der Waals surface area contributed by atoms with E-state index in [9.17, 15) is 14.4 Å². The number of carbonyl (C=O) groups excluding carboxylic acids is 3. The summed E-state index contributed by atoms with van der Waals surface area (Å²) in [5.74, 6) is -0.354. The first-order chi connectivity index (χ1) is 23.9. The number of hydrogen-bond acceptors (Lipinski definition) is 6. The molecule has 0 aliphatic heterocycles. The van der Waals surface area contributed by atoms with Crippen molar-refractivity contribution >= 4 is 51.9 Å². The van der Waals surface area contributed by atoms with Crippen molar-refractivity contribution < 1.29 is 28.6 Å². The molecule has 0 aliphatic rings. The highest BCUT2D eigenvalue weighted by Crippen LogP contribution is 2.32. The second kappa shape index (κ2) is 15.6. The maximum atomic E-state index is 14.5. The molecule has 4 rings (SSSR count).